The zero-order valence-corrected chi connectivity index (χ0v) is 9.94. The van der Waals surface area contributed by atoms with Gasteiger partial charge in [0.15, 0.2) is 5.11 Å². The summed E-state index contributed by atoms with van der Waals surface area (Å²) in [7, 11) is 0. The average molecular weight is 212 g/mol. The topological polar surface area (TPSA) is 15.3 Å². The van der Waals surface area contributed by atoms with Crippen LogP contribution in [-0.2, 0) is 0 Å². The van der Waals surface area contributed by atoms with Gasteiger partial charge in [0.25, 0.3) is 0 Å². The van der Waals surface area contributed by atoms with Crippen molar-refractivity contribution in [2.24, 2.45) is 11.8 Å². The van der Waals surface area contributed by atoms with Gasteiger partial charge in [0.1, 0.15) is 0 Å². The minimum atomic E-state index is 0.690. The van der Waals surface area contributed by atoms with E-state index in [9.17, 15) is 0 Å². The van der Waals surface area contributed by atoms with Crippen LogP contribution in [0, 0.1) is 11.8 Å². The fourth-order valence-electron chi connectivity index (χ4n) is 2.32. The van der Waals surface area contributed by atoms with E-state index < -0.39 is 0 Å². The monoisotopic (exact) mass is 212 g/mol. The highest BCUT2D eigenvalue weighted by molar-refractivity contribution is 7.80. The lowest BCUT2D eigenvalue weighted by Gasteiger charge is -2.36. The lowest BCUT2D eigenvalue weighted by atomic mass is 9.92. The van der Waals surface area contributed by atoms with Crippen LogP contribution >= 0.6 is 12.2 Å². The van der Waals surface area contributed by atoms with Gasteiger partial charge in [-0.3, -0.25) is 0 Å². The molecule has 2 nitrogen and oxygen atoms in total. The van der Waals surface area contributed by atoms with Gasteiger partial charge < -0.3 is 10.2 Å². The van der Waals surface area contributed by atoms with Crippen LogP contribution in [0.15, 0.2) is 0 Å². The average Bonchev–Trinajstić information content (AvgIpc) is 2.86. The molecule has 1 N–H and O–H groups in total. The molecule has 2 aliphatic rings. The fraction of sp³-hybridized carbons (Fsp3) is 0.909. The van der Waals surface area contributed by atoms with Gasteiger partial charge in [-0.1, -0.05) is 13.8 Å². The van der Waals surface area contributed by atoms with Crippen LogP contribution in [0.2, 0.25) is 0 Å². The number of rotatable bonds is 1. The van der Waals surface area contributed by atoms with Crippen molar-refractivity contribution in [2.75, 3.05) is 13.1 Å². The number of hydrogen-bond acceptors (Lipinski definition) is 1. The lowest BCUT2D eigenvalue weighted by molar-refractivity contribution is 0.212. The number of piperidine rings is 1. The summed E-state index contributed by atoms with van der Waals surface area (Å²) in [5.74, 6) is 1.58. The molecule has 2 atom stereocenters. The van der Waals surface area contributed by atoms with E-state index in [1.165, 1.54) is 19.3 Å². The van der Waals surface area contributed by atoms with E-state index in [2.05, 4.69) is 24.1 Å². The van der Waals surface area contributed by atoms with Crippen molar-refractivity contribution < 1.29 is 0 Å². The Hall–Kier alpha value is -0.310. The summed E-state index contributed by atoms with van der Waals surface area (Å²) < 4.78 is 0. The predicted octanol–water partition coefficient (Wildman–Crippen LogP) is 2.00. The van der Waals surface area contributed by atoms with Crippen LogP contribution in [0.1, 0.15) is 33.1 Å². The molecule has 1 aliphatic heterocycles. The minimum absolute atomic E-state index is 0.690. The molecule has 0 radical (unpaired) electrons. The van der Waals surface area contributed by atoms with Crippen molar-refractivity contribution in [3.8, 4) is 0 Å². The molecule has 0 unspecified atom stereocenters. The minimum Gasteiger partial charge on any atom is -0.360 e. The number of nitrogens with zero attached hydrogens (tertiary/aromatic N) is 1. The van der Waals surface area contributed by atoms with Crippen molar-refractivity contribution in [3.05, 3.63) is 0 Å². The molecule has 0 aromatic heterocycles. The molecule has 0 bridgehead atoms. The van der Waals surface area contributed by atoms with E-state index in [0.29, 0.717) is 6.04 Å². The van der Waals surface area contributed by atoms with Crippen LogP contribution in [0.4, 0.5) is 0 Å². The van der Waals surface area contributed by atoms with Crippen molar-refractivity contribution in [3.63, 3.8) is 0 Å². The molecule has 0 amide bonds. The third-order valence-electron chi connectivity index (χ3n) is 3.06. The molecule has 2 rings (SSSR count). The van der Waals surface area contributed by atoms with Gasteiger partial charge in [-0.25, -0.2) is 0 Å². The summed E-state index contributed by atoms with van der Waals surface area (Å²) in [6.45, 7) is 6.93. The smallest absolute Gasteiger partial charge is 0.169 e. The molecule has 80 valence electrons. The van der Waals surface area contributed by atoms with E-state index in [4.69, 9.17) is 12.2 Å². The van der Waals surface area contributed by atoms with Gasteiger partial charge >= 0.3 is 0 Å². The van der Waals surface area contributed by atoms with Crippen molar-refractivity contribution in [2.45, 2.75) is 39.2 Å². The van der Waals surface area contributed by atoms with Gasteiger partial charge in [-0.2, -0.15) is 0 Å². The Balaban J connectivity index is 1.85. The van der Waals surface area contributed by atoms with E-state index in [0.717, 1.165) is 30.0 Å². The number of thiocarbonyl (C=S) groups is 1. The summed E-state index contributed by atoms with van der Waals surface area (Å²) in [4.78, 5) is 2.35. The van der Waals surface area contributed by atoms with Gasteiger partial charge in [0.05, 0.1) is 0 Å². The zero-order chi connectivity index (χ0) is 10.1. The molecule has 1 saturated carbocycles. The van der Waals surface area contributed by atoms with Crippen LogP contribution in [-0.4, -0.2) is 29.1 Å². The van der Waals surface area contributed by atoms with Crippen molar-refractivity contribution >= 4 is 17.3 Å². The Morgan fingerprint density at radius 3 is 2.29 bits per heavy atom. The third kappa shape index (κ3) is 2.59. The van der Waals surface area contributed by atoms with E-state index in [1.807, 2.05) is 0 Å². The largest absolute Gasteiger partial charge is 0.360 e. The normalized spacial score (nSPS) is 32.9. The molecule has 0 spiro atoms. The standard InChI is InChI=1S/C11H20N2S/c1-8-5-9(2)7-13(6-8)11(14)12-10-3-4-10/h8-10H,3-7H2,1-2H3,(H,12,14)/t8-,9+. The Labute approximate surface area is 92.0 Å². The summed E-state index contributed by atoms with van der Waals surface area (Å²) in [6, 6.07) is 0.690. The first-order valence-corrected chi connectivity index (χ1v) is 6.11. The van der Waals surface area contributed by atoms with E-state index in [-0.39, 0.29) is 0 Å². The summed E-state index contributed by atoms with van der Waals surface area (Å²) in [5.41, 5.74) is 0. The Morgan fingerprint density at radius 2 is 1.79 bits per heavy atom. The van der Waals surface area contributed by atoms with Crippen LogP contribution in [0.25, 0.3) is 0 Å². The SMILES string of the molecule is C[C@@H]1C[C@H](C)CN(C(=S)NC2CC2)C1. The third-order valence-corrected chi connectivity index (χ3v) is 3.44. The van der Waals surface area contributed by atoms with Gasteiger partial charge in [-0.15, -0.1) is 0 Å². The fourth-order valence-corrected chi connectivity index (χ4v) is 2.64. The maximum atomic E-state index is 5.41. The molecular weight excluding hydrogens is 192 g/mol. The highest BCUT2D eigenvalue weighted by Crippen LogP contribution is 2.23. The Bertz CT molecular complexity index is 215. The molecule has 3 heteroatoms. The first-order valence-electron chi connectivity index (χ1n) is 5.70. The molecular formula is C11H20N2S. The summed E-state index contributed by atoms with van der Waals surface area (Å²) in [6.07, 6.45) is 3.96. The second kappa shape index (κ2) is 4.05. The Kier molecular flexibility index (Phi) is 2.96. The molecule has 1 heterocycles. The van der Waals surface area contributed by atoms with Crippen LogP contribution in [0.3, 0.4) is 0 Å². The molecule has 14 heavy (non-hydrogen) atoms. The van der Waals surface area contributed by atoms with Gasteiger partial charge in [0, 0.05) is 19.1 Å². The number of nitrogens with one attached hydrogen (secondary N) is 1. The predicted molar refractivity (Wildman–Crippen MR) is 63.3 cm³/mol. The maximum Gasteiger partial charge on any atom is 0.169 e. The van der Waals surface area contributed by atoms with Gasteiger partial charge in [0.2, 0.25) is 0 Å². The van der Waals surface area contributed by atoms with E-state index >= 15 is 0 Å². The quantitative estimate of drug-likeness (QED) is 0.669. The van der Waals surface area contributed by atoms with Gasteiger partial charge in [-0.05, 0) is 43.3 Å². The Morgan fingerprint density at radius 1 is 1.21 bits per heavy atom. The second-order valence-electron chi connectivity index (χ2n) is 5.07. The van der Waals surface area contributed by atoms with Crippen LogP contribution < -0.4 is 5.32 Å². The number of likely N-dealkylation sites (tertiary alicyclic amines) is 1. The highest BCUT2D eigenvalue weighted by atomic mass is 32.1. The van der Waals surface area contributed by atoms with Crippen LogP contribution in [0.5, 0.6) is 0 Å². The van der Waals surface area contributed by atoms with E-state index in [1.54, 1.807) is 0 Å². The summed E-state index contributed by atoms with van der Waals surface area (Å²) in [5, 5.41) is 4.41. The first-order chi connectivity index (χ1) is 6.65. The highest BCUT2D eigenvalue weighted by Gasteiger charge is 2.27. The zero-order valence-electron chi connectivity index (χ0n) is 9.12. The number of hydrogen-bond donors (Lipinski definition) is 1. The lowest BCUT2D eigenvalue weighted by Crippen LogP contribution is -2.47. The molecule has 1 saturated heterocycles. The molecule has 2 fully saturated rings. The molecule has 0 aromatic rings. The van der Waals surface area contributed by atoms with Crippen molar-refractivity contribution in [1.82, 2.24) is 10.2 Å². The van der Waals surface area contributed by atoms with Crippen molar-refractivity contribution in [1.29, 1.82) is 0 Å². The first kappa shape index (κ1) is 10.2. The maximum absolute atomic E-state index is 5.41. The molecule has 1 aliphatic carbocycles. The summed E-state index contributed by atoms with van der Waals surface area (Å²) >= 11 is 5.41. The molecule has 0 aromatic carbocycles. The second-order valence-corrected chi connectivity index (χ2v) is 5.46.